The van der Waals surface area contributed by atoms with Crippen LogP contribution in [0.15, 0.2) is 46.2 Å². The van der Waals surface area contributed by atoms with Gasteiger partial charge in [0.25, 0.3) is 0 Å². The molecule has 2 aromatic rings. The fraction of sp³-hybridized carbons (Fsp3) is 0.391. The van der Waals surface area contributed by atoms with Crippen molar-refractivity contribution in [2.24, 2.45) is 5.41 Å². The first-order valence-corrected chi connectivity index (χ1v) is 10.1. The van der Waals surface area contributed by atoms with Crippen LogP contribution >= 0.6 is 11.6 Å². The first-order chi connectivity index (χ1) is 13.7. The molecular weight excluding hydrogens is 390 g/mol. The molecule has 0 N–H and O–H groups in total. The summed E-state index contributed by atoms with van der Waals surface area (Å²) in [4.78, 5) is 28.3. The number of ether oxygens (including phenoxy) is 1. The summed E-state index contributed by atoms with van der Waals surface area (Å²) in [5.41, 5.74) is 2.63. The van der Waals surface area contributed by atoms with Gasteiger partial charge in [0.2, 0.25) is 5.91 Å². The summed E-state index contributed by atoms with van der Waals surface area (Å²) in [5.74, 6) is 0.785. The Morgan fingerprint density at radius 1 is 1.24 bits per heavy atom. The molecule has 0 bridgehead atoms. The number of ketones is 1. The quantitative estimate of drug-likeness (QED) is 0.674. The third-order valence-corrected chi connectivity index (χ3v) is 6.14. The van der Waals surface area contributed by atoms with Crippen molar-refractivity contribution >= 4 is 29.0 Å². The van der Waals surface area contributed by atoms with Crippen LogP contribution in [-0.2, 0) is 9.59 Å². The molecule has 152 valence electrons. The topological polar surface area (TPSA) is 59.8 Å². The summed E-state index contributed by atoms with van der Waals surface area (Å²) in [6, 6.07) is 7.19. The van der Waals surface area contributed by atoms with E-state index in [-0.39, 0.29) is 29.4 Å². The van der Waals surface area contributed by atoms with Crippen molar-refractivity contribution < 1.29 is 18.7 Å². The van der Waals surface area contributed by atoms with Crippen LogP contribution in [0.3, 0.4) is 0 Å². The Balaban J connectivity index is 1.95. The minimum atomic E-state index is -0.355. The van der Waals surface area contributed by atoms with Gasteiger partial charge in [-0.05, 0) is 42.5 Å². The molecule has 0 fully saturated rings. The average Bonchev–Trinajstić information content (AvgIpc) is 3.16. The zero-order chi connectivity index (χ0) is 20.9. The van der Waals surface area contributed by atoms with Gasteiger partial charge in [-0.2, -0.15) is 0 Å². The van der Waals surface area contributed by atoms with E-state index in [0.29, 0.717) is 40.6 Å². The monoisotopic (exact) mass is 413 g/mol. The van der Waals surface area contributed by atoms with Crippen molar-refractivity contribution in [3.05, 3.63) is 58.1 Å². The molecule has 1 aliphatic heterocycles. The number of furan rings is 1. The number of Topliss-reactive ketones (excluding diaryl/α,β-unsaturated/α-hetero) is 1. The van der Waals surface area contributed by atoms with E-state index >= 15 is 0 Å². The number of carbonyl (C=O) groups is 2. The normalized spacial score (nSPS) is 21.4. The Bertz CT molecular complexity index is 1020. The van der Waals surface area contributed by atoms with Gasteiger partial charge in [-0.1, -0.05) is 25.4 Å². The third kappa shape index (κ3) is 3.38. The molecule has 0 radical (unpaired) electrons. The molecule has 1 aromatic carbocycles. The molecule has 6 heteroatoms. The molecule has 1 aliphatic carbocycles. The molecule has 29 heavy (non-hydrogen) atoms. The fourth-order valence-corrected chi connectivity index (χ4v) is 4.57. The molecule has 0 saturated carbocycles. The van der Waals surface area contributed by atoms with Gasteiger partial charge in [-0.15, -0.1) is 0 Å². The summed E-state index contributed by atoms with van der Waals surface area (Å²) in [6.07, 6.45) is 2.81. The highest BCUT2D eigenvalue weighted by Gasteiger charge is 2.45. The largest absolute Gasteiger partial charge is 0.495 e. The van der Waals surface area contributed by atoms with E-state index in [9.17, 15) is 9.59 Å². The lowest BCUT2D eigenvalue weighted by molar-refractivity contribution is -0.121. The van der Waals surface area contributed by atoms with Crippen molar-refractivity contribution in [1.29, 1.82) is 0 Å². The summed E-state index contributed by atoms with van der Waals surface area (Å²) >= 11 is 6.27. The van der Waals surface area contributed by atoms with Gasteiger partial charge >= 0.3 is 0 Å². The van der Waals surface area contributed by atoms with E-state index in [0.717, 1.165) is 11.3 Å². The molecule has 2 aliphatic rings. The summed E-state index contributed by atoms with van der Waals surface area (Å²) in [7, 11) is 1.55. The molecular formula is C23H24ClNO4. The van der Waals surface area contributed by atoms with Crippen LogP contribution in [0.4, 0.5) is 5.69 Å². The van der Waals surface area contributed by atoms with E-state index in [4.69, 9.17) is 20.8 Å². The maximum absolute atomic E-state index is 13.4. The van der Waals surface area contributed by atoms with E-state index < -0.39 is 0 Å². The van der Waals surface area contributed by atoms with Gasteiger partial charge < -0.3 is 9.15 Å². The number of rotatable bonds is 3. The molecule has 0 saturated heterocycles. The van der Waals surface area contributed by atoms with Crippen LogP contribution in [-0.4, -0.2) is 18.8 Å². The van der Waals surface area contributed by atoms with Crippen LogP contribution in [0, 0.1) is 12.3 Å². The lowest BCUT2D eigenvalue weighted by Gasteiger charge is -2.42. The number of aryl methyl sites for hydroxylation is 1. The number of hydrogen-bond donors (Lipinski definition) is 0. The minimum absolute atomic E-state index is 0.0693. The second-order valence-electron chi connectivity index (χ2n) is 8.58. The number of hydrogen-bond acceptors (Lipinski definition) is 4. The van der Waals surface area contributed by atoms with Crippen molar-refractivity contribution in [1.82, 2.24) is 0 Å². The molecule has 1 aromatic heterocycles. The molecule has 1 amide bonds. The van der Waals surface area contributed by atoms with Crippen molar-refractivity contribution in [3.8, 4) is 5.75 Å². The lowest BCUT2D eigenvalue weighted by Crippen LogP contribution is -2.43. The van der Waals surface area contributed by atoms with E-state index in [2.05, 4.69) is 13.8 Å². The molecule has 1 unspecified atom stereocenters. The maximum atomic E-state index is 13.4. The minimum Gasteiger partial charge on any atom is -0.495 e. The summed E-state index contributed by atoms with van der Waals surface area (Å²) < 4.78 is 11.1. The van der Waals surface area contributed by atoms with Gasteiger partial charge in [0.1, 0.15) is 11.5 Å². The Labute approximate surface area is 175 Å². The van der Waals surface area contributed by atoms with Crippen LogP contribution in [0.5, 0.6) is 5.75 Å². The second kappa shape index (κ2) is 7.06. The summed E-state index contributed by atoms with van der Waals surface area (Å²) in [6.45, 7) is 5.99. The number of allylic oxidation sites excluding steroid dienone is 2. The number of amides is 1. The zero-order valence-corrected chi connectivity index (χ0v) is 17.8. The van der Waals surface area contributed by atoms with Gasteiger partial charge in [0, 0.05) is 35.2 Å². The molecule has 0 spiro atoms. The van der Waals surface area contributed by atoms with Gasteiger partial charge in [0.05, 0.1) is 25.0 Å². The highest BCUT2D eigenvalue weighted by atomic mass is 35.5. The maximum Gasteiger partial charge on any atom is 0.232 e. The highest BCUT2D eigenvalue weighted by Crippen LogP contribution is 2.49. The van der Waals surface area contributed by atoms with Crippen molar-refractivity contribution in [2.45, 2.75) is 46.0 Å². The second-order valence-corrected chi connectivity index (χ2v) is 8.98. The number of anilines is 1. The number of methoxy groups -OCH3 is 1. The molecule has 2 heterocycles. The van der Waals surface area contributed by atoms with Crippen LogP contribution in [0.25, 0.3) is 0 Å². The third-order valence-electron chi connectivity index (χ3n) is 5.73. The predicted molar refractivity (Wildman–Crippen MR) is 111 cm³/mol. The van der Waals surface area contributed by atoms with Crippen LogP contribution in [0.1, 0.15) is 50.4 Å². The van der Waals surface area contributed by atoms with Crippen molar-refractivity contribution in [2.75, 3.05) is 12.0 Å². The fourth-order valence-electron chi connectivity index (χ4n) is 4.41. The van der Waals surface area contributed by atoms with E-state index in [1.807, 2.05) is 19.1 Å². The average molecular weight is 414 g/mol. The Morgan fingerprint density at radius 3 is 2.66 bits per heavy atom. The number of carbonyl (C=O) groups excluding carboxylic acids is 2. The smallest absolute Gasteiger partial charge is 0.232 e. The lowest BCUT2D eigenvalue weighted by atomic mass is 9.70. The standard InChI is InChI=1S/C23H24ClNO4/c1-13-8-16(20(28-4)10-15(13)24)25-17-11-23(2,3)12-18(26)22(17)14(9-21(25)27)19-6-5-7-29-19/h5-8,10,14H,9,11-12H2,1-4H3. The predicted octanol–water partition coefficient (Wildman–Crippen LogP) is 5.41. The van der Waals surface area contributed by atoms with Gasteiger partial charge in [0.15, 0.2) is 5.78 Å². The molecule has 5 nitrogen and oxygen atoms in total. The van der Waals surface area contributed by atoms with Crippen molar-refractivity contribution in [3.63, 3.8) is 0 Å². The number of benzene rings is 1. The number of halogens is 1. The van der Waals surface area contributed by atoms with Crippen LogP contribution in [0.2, 0.25) is 5.02 Å². The summed E-state index contributed by atoms with van der Waals surface area (Å²) in [5, 5.41) is 0.567. The van der Waals surface area contributed by atoms with Crippen LogP contribution < -0.4 is 9.64 Å². The molecule has 4 rings (SSSR count). The first kappa shape index (κ1) is 19.8. The van der Waals surface area contributed by atoms with Gasteiger partial charge in [-0.3, -0.25) is 14.5 Å². The van der Waals surface area contributed by atoms with E-state index in [1.165, 1.54) is 0 Å². The van der Waals surface area contributed by atoms with Gasteiger partial charge in [-0.25, -0.2) is 0 Å². The molecule has 1 atom stereocenters. The highest BCUT2D eigenvalue weighted by molar-refractivity contribution is 6.31. The zero-order valence-electron chi connectivity index (χ0n) is 17.0. The Kier molecular flexibility index (Phi) is 4.82. The Morgan fingerprint density at radius 2 is 2.00 bits per heavy atom. The first-order valence-electron chi connectivity index (χ1n) is 9.68. The number of nitrogens with zero attached hydrogens (tertiary/aromatic N) is 1. The Hall–Kier alpha value is -2.53. The SMILES string of the molecule is COc1cc(Cl)c(C)cc1N1C(=O)CC(c2ccco2)C2=C1CC(C)(C)CC2=O. The van der Waals surface area contributed by atoms with E-state index in [1.54, 1.807) is 30.4 Å².